The average molecular weight is 160 g/mol. The molecule has 0 nitrogen and oxygen atoms in total. The lowest BCUT2D eigenvalue weighted by molar-refractivity contribution is 0.933. The Morgan fingerprint density at radius 3 is 2.22 bits per heavy atom. The van der Waals surface area contributed by atoms with Gasteiger partial charge in [0.15, 0.2) is 0 Å². The van der Waals surface area contributed by atoms with Crippen LogP contribution in [0.25, 0.3) is 0 Å². The molecule has 0 bridgehead atoms. The van der Waals surface area contributed by atoms with Gasteiger partial charge in [0.25, 0.3) is 0 Å². The van der Waals surface area contributed by atoms with Crippen LogP contribution < -0.4 is 0 Å². The minimum Gasteiger partial charge on any atom is -0.147 e. The van der Waals surface area contributed by atoms with E-state index in [1.54, 1.807) is 0 Å². The number of thioether (sulfide) groups is 2. The van der Waals surface area contributed by atoms with Gasteiger partial charge in [-0.2, -0.15) is 0 Å². The molecule has 2 aliphatic rings. The maximum Gasteiger partial charge on any atom is 0.0530 e. The first kappa shape index (κ1) is 6.41. The van der Waals surface area contributed by atoms with Crippen molar-refractivity contribution in [1.82, 2.24) is 0 Å². The predicted molar refractivity (Wildman–Crippen MR) is 46.0 cm³/mol. The van der Waals surface area contributed by atoms with Gasteiger partial charge in [-0.1, -0.05) is 0 Å². The summed E-state index contributed by atoms with van der Waals surface area (Å²) in [4.78, 5) is 0. The second-order valence-corrected chi connectivity index (χ2v) is 5.60. The number of rotatable bonds is 1. The molecule has 0 aromatic rings. The summed E-state index contributed by atoms with van der Waals surface area (Å²) in [5.41, 5.74) is 0. The number of hydrogen-bond donors (Lipinski definition) is 0. The monoisotopic (exact) mass is 160 g/mol. The van der Waals surface area contributed by atoms with Crippen LogP contribution in [0.3, 0.4) is 0 Å². The molecule has 0 atom stereocenters. The topological polar surface area (TPSA) is 0 Å². The summed E-state index contributed by atoms with van der Waals surface area (Å²) in [6.45, 7) is 0. The standard InChI is InChI=1S/C7H12S2/c1-4-8-7(9-5-1)6-2-3-6/h6-7H,1-5H2. The predicted octanol–water partition coefficient (Wildman–Crippen LogP) is 2.59. The first-order chi connectivity index (χ1) is 4.47. The SMILES string of the molecule is C1CSC(C2CC2)SC1. The van der Waals surface area contributed by atoms with Gasteiger partial charge in [0.1, 0.15) is 0 Å². The van der Waals surface area contributed by atoms with Crippen LogP contribution in [0.2, 0.25) is 0 Å². The fourth-order valence-electron chi connectivity index (χ4n) is 1.15. The summed E-state index contributed by atoms with van der Waals surface area (Å²) in [7, 11) is 0. The normalized spacial score (nSPS) is 30.7. The van der Waals surface area contributed by atoms with Crippen LogP contribution in [-0.2, 0) is 0 Å². The molecule has 0 aromatic heterocycles. The van der Waals surface area contributed by atoms with Crippen molar-refractivity contribution in [2.24, 2.45) is 5.92 Å². The van der Waals surface area contributed by atoms with E-state index in [9.17, 15) is 0 Å². The van der Waals surface area contributed by atoms with E-state index >= 15 is 0 Å². The van der Waals surface area contributed by atoms with Gasteiger partial charge in [-0.05, 0) is 36.7 Å². The Bertz CT molecular complexity index is 93.1. The maximum absolute atomic E-state index is 2.20. The van der Waals surface area contributed by atoms with E-state index in [1.165, 1.54) is 30.8 Å². The van der Waals surface area contributed by atoms with Crippen molar-refractivity contribution in [3.8, 4) is 0 Å². The largest absolute Gasteiger partial charge is 0.147 e. The molecule has 2 heteroatoms. The summed E-state index contributed by atoms with van der Waals surface area (Å²) in [5, 5.41) is 0. The zero-order valence-electron chi connectivity index (χ0n) is 5.51. The Morgan fingerprint density at radius 2 is 1.67 bits per heavy atom. The van der Waals surface area contributed by atoms with Crippen LogP contribution in [0.4, 0.5) is 0 Å². The van der Waals surface area contributed by atoms with Gasteiger partial charge >= 0.3 is 0 Å². The molecule has 0 amide bonds. The molecule has 1 heterocycles. The molecule has 0 aromatic carbocycles. The first-order valence-electron chi connectivity index (χ1n) is 3.70. The van der Waals surface area contributed by atoms with E-state index in [2.05, 4.69) is 23.5 Å². The average Bonchev–Trinajstić information content (AvgIpc) is 2.71. The van der Waals surface area contributed by atoms with Crippen LogP contribution in [0.1, 0.15) is 19.3 Å². The highest BCUT2D eigenvalue weighted by Crippen LogP contribution is 2.46. The third-order valence-corrected chi connectivity index (χ3v) is 5.15. The third kappa shape index (κ3) is 1.58. The Morgan fingerprint density at radius 1 is 1.00 bits per heavy atom. The van der Waals surface area contributed by atoms with Crippen molar-refractivity contribution >= 4 is 23.5 Å². The quantitative estimate of drug-likeness (QED) is 0.578. The summed E-state index contributed by atoms with van der Waals surface area (Å²) < 4.78 is 0.999. The van der Waals surface area contributed by atoms with Crippen LogP contribution in [0, 0.1) is 5.92 Å². The summed E-state index contributed by atoms with van der Waals surface area (Å²) in [6.07, 6.45) is 4.48. The fourth-order valence-corrected chi connectivity index (χ4v) is 4.47. The highest BCUT2D eigenvalue weighted by Gasteiger charge is 2.32. The molecule has 52 valence electrons. The summed E-state index contributed by atoms with van der Waals surface area (Å²) in [5.74, 6) is 3.96. The Labute approximate surface area is 65.2 Å². The van der Waals surface area contributed by atoms with Gasteiger partial charge in [0, 0.05) is 0 Å². The van der Waals surface area contributed by atoms with Crippen molar-refractivity contribution in [3.05, 3.63) is 0 Å². The van der Waals surface area contributed by atoms with Crippen LogP contribution >= 0.6 is 23.5 Å². The maximum atomic E-state index is 2.20. The Kier molecular flexibility index (Phi) is 1.96. The molecular weight excluding hydrogens is 148 g/mol. The minimum atomic E-state index is 0.999. The second kappa shape index (κ2) is 2.75. The molecule has 2 rings (SSSR count). The van der Waals surface area contributed by atoms with Crippen molar-refractivity contribution < 1.29 is 0 Å². The van der Waals surface area contributed by atoms with Gasteiger partial charge in [0.05, 0.1) is 4.58 Å². The molecular formula is C7H12S2. The molecule has 1 aliphatic carbocycles. The lowest BCUT2D eigenvalue weighted by Gasteiger charge is -2.19. The van der Waals surface area contributed by atoms with Gasteiger partial charge in [-0.25, -0.2) is 0 Å². The minimum absolute atomic E-state index is 0.999. The molecule has 0 N–H and O–H groups in total. The van der Waals surface area contributed by atoms with Gasteiger partial charge in [-0.3, -0.25) is 0 Å². The van der Waals surface area contributed by atoms with E-state index in [0.29, 0.717) is 0 Å². The highest BCUT2D eigenvalue weighted by molar-refractivity contribution is 8.17. The third-order valence-electron chi connectivity index (χ3n) is 1.86. The Hall–Kier alpha value is 0.700. The molecule has 9 heavy (non-hydrogen) atoms. The van der Waals surface area contributed by atoms with Crippen molar-refractivity contribution in [2.45, 2.75) is 23.8 Å². The van der Waals surface area contributed by atoms with E-state index < -0.39 is 0 Å². The van der Waals surface area contributed by atoms with Gasteiger partial charge < -0.3 is 0 Å². The van der Waals surface area contributed by atoms with Crippen LogP contribution in [0.5, 0.6) is 0 Å². The smallest absolute Gasteiger partial charge is 0.0530 e. The Balaban J connectivity index is 1.80. The van der Waals surface area contributed by atoms with Crippen molar-refractivity contribution in [2.75, 3.05) is 11.5 Å². The zero-order valence-corrected chi connectivity index (χ0v) is 7.14. The van der Waals surface area contributed by atoms with Crippen molar-refractivity contribution in [3.63, 3.8) is 0 Å². The second-order valence-electron chi connectivity index (χ2n) is 2.80. The van der Waals surface area contributed by atoms with Crippen molar-refractivity contribution in [1.29, 1.82) is 0 Å². The van der Waals surface area contributed by atoms with E-state index in [-0.39, 0.29) is 0 Å². The van der Waals surface area contributed by atoms with Crippen LogP contribution in [-0.4, -0.2) is 16.1 Å². The summed E-state index contributed by atoms with van der Waals surface area (Å²) >= 11 is 4.39. The lowest BCUT2D eigenvalue weighted by Crippen LogP contribution is -2.07. The molecule has 1 saturated carbocycles. The zero-order chi connectivity index (χ0) is 6.10. The highest BCUT2D eigenvalue weighted by atomic mass is 32.2. The van der Waals surface area contributed by atoms with Gasteiger partial charge in [0.2, 0.25) is 0 Å². The molecule has 1 saturated heterocycles. The molecule has 2 fully saturated rings. The molecule has 0 radical (unpaired) electrons. The molecule has 0 unspecified atom stereocenters. The van der Waals surface area contributed by atoms with Crippen LogP contribution in [0.15, 0.2) is 0 Å². The first-order valence-corrected chi connectivity index (χ1v) is 5.80. The van der Waals surface area contributed by atoms with E-state index in [1.807, 2.05) is 0 Å². The molecule has 1 aliphatic heterocycles. The lowest BCUT2D eigenvalue weighted by atomic mass is 10.5. The molecule has 0 spiro atoms. The van der Waals surface area contributed by atoms with E-state index in [4.69, 9.17) is 0 Å². The van der Waals surface area contributed by atoms with E-state index in [0.717, 1.165) is 10.5 Å². The van der Waals surface area contributed by atoms with Gasteiger partial charge in [-0.15, -0.1) is 23.5 Å². The fraction of sp³-hybridized carbons (Fsp3) is 1.00. The summed E-state index contributed by atoms with van der Waals surface area (Å²) in [6, 6.07) is 0. The number of hydrogen-bond acceptors (Lipinski definition) is 2.